The zero-order valence-electron chi connectivity index (χ0n) is 56.0. The van der Waals surface area contributed by atoms with Crippen LogP contribution in [0.25, 0.3) is 0 Å². The maximum Gasteiger partial charge on any atom is 0.183 e. The number of hydrogen-bond acceptors (Lipinski definition) is 2. The molecule has 1 heterocycles. The van der Waals surface area contributed by atoms with Crippen molar-refractivity contribution in [1.29, 1.82) is 0 Å². The quantitative estimate of drug-likeness (QED) is 0.199. The lowest BCUT2D eigenvalue weighted by molar-refractivity contribution is -0.202. The Labute approximate surface area is 472 Å². The lowest BCUT2D eigenvalue weighted by Crippen LogP contribution is -2.27. The van der Waals surface area contributed by atoms with Crippen molar-refractivity contribution in [2.75, 3.05) is 13.2 Å². The fourth-order valence-corrected chi connectivity index (χ4v) is 12.2. The summed E-state index contributed by atoms with van der Waals surface area (Å²) in [6.07, 6.45) is 5.32. The van der Waals surface area contributed by atoms with E-state index in [1.165, 1.54) is 92.4 Å². The molecule has 0 N–H and O–H groups in total. The van der Waals surface area contributed by atoms with Crippen LogP contribution in [-0.4, -0.2) is 13.2 Å². The average Bonchev–Trinajstić information content (AvgIpc) is 3.23. The standard InChI is InChI=1S/C22H36.C20H32O2.2C16H26/c1-15-9-11-17(12-10-15)18-13-19(21(3,4)5)16(2)20(14-18)22(6,7)8;1-13-11-21-18(22-12-13)15-9-16(19(3,4)5)14(2)17(10-15)20(6,7)8;2*1-11-9-13(15(3,4)5)12(2)14(10-11)16(6,7)8/h13-15,17H,9-12H2,1-8H3;9-10,13,18H,11-12H2,1-8H3;2*9-10H,1-8H3. The summed E-state index contributed by atoms with van der Waals surface area (Å²) in [7, 11) is 0. The second kappa shape index (κ2) is 24.7. The molecular weight excluding hydrogens is 921 g/mol. The minimum atomic E-state index is -0.223. The molecule has 0 amide bonds. The van der Waals surface area contributed by atoms with Gasteiger partial charge in [0.25, 0.3) is 0 Å². The van der Waals surface area contributed by atoms with Gasteiger partial charge in [-0.25, -0.2) is 0 Å². The van der Waals surface area contributed by atoms with Gasteiger partial charge in [-0.05, 0) is 194 Å². The smallest absolute Gasteiger partial charge is 0.183 e. The molecule has 1 aliphatic heterocycles. The summed E-state index contributed by atoms with van der Waals surface area (Å²) in [6, 6.07) is 19.0. The normalized spacial score (nSPS) is 19.2. The Kier molecular flexibility index (Phi) is 21.8. The molecule has 2 fully saturated rings. The first kappa shape index (κ1) is 67.1. The molecule has 6 rings (SSSR count). The van der Waals surface area contributed by atoms with E-state index in [1.54, 1.807) is 16.7 Å². The lowest BCUT2D eigenvalue weighted by Gasteiger charge is -2.33. The monoisotopic (exact) mass is 1040 g/mol. The predicted octanol–water partition coefficient (Wildman–Crippen LogP) is 22.0. The van der Waals surface area contributed by atoms with Crippen LogP contribution in [0.15, 0.2) is 48.5 Å². The molecule has 2 nitrogen and oxygen atoms in total. The highest BCUT2D eigenvalue weighted by molar-refractivity contribution is 5.48. The summed E-state index contributed by atoms with van der Waals surface area (Å²) in [5.74, 6) is 2.18. The Morgan fingerprint density at radius 2 is 0.500 bits per heavy atom. The molecule has 4 aromatic carbocycles. The van der Waals surface area contributed by atoms with Crippen LogP contribution >= 0.6 is 0 Å². The first-order valence-corrected chi connectivity index (χ1v) is 29.8. The van der Waals surface area contributed by atoms with E-state index >= 15 is 0 Å². The Balaban J connectivity index is 0.000000270. The van der Waals surface area contributed by atoms with Gasteiger partial charge in [0.1, 0.15) is 0 Å². The Morgan fingerprint density at radius 1 is 0.289 bits per heavy atom. The summed E-state index contributed by atoms with van der Waals surface area (Å²) in [4.78, 5) is 0. The number of rotatable bonds is 2. The van der Waals surface area contributed by atoms with Crippen LogP contribution in [0.1, 0.15) is 307 Å². The van der Waals surface area contributed by atoms with Gasteiger partial charge in [0.15, 0.2) is 6.29 Å². The van der Waals surface area contributed by atoms with Gasteiger partial charge in [0.2, 0.25) is 0 Å². The molecule has 0 bridgehead atoms. The Hall–Kier alpha value is -3.20. The Morgan fingerprint density at radius 3 is 0.724 bits per heavy atom. The molecule has 1 saturated heterocycles. The molecule has 1 saturated carbocycles. The molecule has 1 aliphatic carbocycles. The molecule has 428 valence electrons. The maximum absolute atomic E-state index is 5.93. The highest BCUT2D eigenvalue weighted by Crippen LogP contribution is 2.43. The average molecular weight is 1040 g/mol. The topological polar surface area (TPSA) is 18.5 Å². The summed E-state index contributed by atoms with van der Waals surface area (Å²) in [5, 5.41) is 0. The minimum Gasteiger partial charge on any atom is -0.348 e. The van der Waals surface area contributed by atoms with E-state index in [0.717, 1.165) is 30.6 Å². The van der Waals surface area contributed by atoms with Crippen LogP contribution in [0.5, 0.6) is 0 Å². The number of aryl methyl sites for hydroxylation is 2. The first-order valence-electron chi connectivity index (χ1n) is 29.8. The third-order valence-electron chi connectivity index (χ3n) is 16.3. The van der Waals surface area contributed by atoms with E-state index in [-0.39, 0.29) is 49.6 Å². The van der Waals surface area contributed by atoms with Crippen LogP contribution in [0.3, 0.4) is 0 Å². The van der Waals surface area contributed by atoms with Gasteiger partial charge in [-0.1, -0.05) is 240 Å². The van der Waals surface area contributed by atoms with Crippen molar-refractivity contribution in [1.82, 2.24) is 0 Å². The van der Waals surface area contributed by atoms with Crippen LogP contribution < -0.4 is 0 Å². The summed E-state index contributed by atoms with van der Waals surface area (Å²) < 4.78 is 11.9. The van der Waals surface area contributed by atoms with E-state index in [2.05, 4.69) is 270 Å². The van der Waals surface area contributed by atoms with Gasteiger partial charge in [0, 0.05) is 11.5 Å². The van der Waals surface area contributed by atoms with Crippen LogP contribution in [0.4, 0.5) is 0 Å². The molecule has 0 aromatic heterocycles. The molecule has 0 unspecified atom stereocenters. The van der Waals surface area contributed by atoms with Gasteiger partial charge in [-0.2, -0.15) is 0 Å². The van der Waals surface area contributed by atoms with Gasteiger partial charge in [-0.15, -0.1) is 0 Å². The van der Waals surface area contributed by atoms with Crippen molar-refractivity contribution in [3.63, 3.8) is 0 Å². The highest BCUT2D eigenvalue weighted by Gasteiger charge is 2.31. The van der Waals surface area contributed by atoms with Crippen molar-refractivity contribution in [3.8, 4) is 0 Å². The summed E-state index contributed by atoms with van der Waals surface area (Å²) in [6.45, 7) is 74.9. The zero-order chi connectivity index (χ0) is 58.9. The number of benzene rings is 4. The van der Waals surface area contributed by atoms with Gasteiger partial charge >= 0.3 is 0 Å². The molecule has 2 aliphatic rings. The molecule has 2 heteroatoms. The van der Waals surface area contributed by atoms with E-state index in [4.69, 9.17) is 9.47 Å². The predicted molar refractivity (Wildman–Crippen MR) is 338 cm³/mol. The van der Waals surface area contributed by atoms with Crippen molar-refractivity contribution in [2.24, 2.45) is 11.8 Å². The molecule has 0 spiro atoms. The third-order valence-corrected chi connectivity index (χ3v) is 16.3. The second-order valence-corrected chi connectivity index (χ2v) is 32.5. The van der Waals surface area contributed by atoms with E-state index < -0.39 is 0 Å². The SMILES string of the molecule is Cc1c(C(C)(C)C)cc(C2CCC(C)CC2)cc1C(C)(C)C.Cc1c(C(C)(C)C)cc(C2OCC(C)CO2)cc1C(C)(C)C.Cc1cc(C(C)(C)C)c(C)c(C(C)(C)C)c1.Cc1cc(C(C)(C)C)c(C)c(C(C)(C)C)c1. The van der Waals surface area contributed by atoms with Gasteiger partial charge < -0.3 is 9.47 Å². The van der Waals surface area contributed by atoms with Crippen LogP contribution in [0.2, 0.25) is 0 Å². The van der Waals surface area contributed by atoms with Crippen molar-refractivity contribution in [2.45, 2.75) is 303 Å². The third kappa shape index (κ3) is 18.4. The van der Waals surface area contributed by atoms with Crippen molar-refractivity contribution >= 4 is 0 Å². The fourth-order valence-electron chi connectivity index (χ4n) is 12.2. The fraction of sp³-hybridized carbons (Fsp3) is 0.676. The molecule has 0 atom stereocenters. The van der Waals surface area contributed by atoms with Gasteiger partial charge in [-0.3, -0.25) is 0 Å². The van der Waals surface area contributed by atoms with Crippen molar-refractivity contribution in [3.05, 3.63) is 138 Å². The Bertz CT molecular complexity index is 2200. The minimum absolute atomic E-state index is 0.113. The number of hydrogen-bond donors (Lipinski definition) is 0. The highest BCUT2D eigenvalue weighted by atomic mass is 16.7. The molecular formula is C74H120O2. The summed E-state index contributed by atoms with van der Waals surface area (Å²) >= 11 is 0. The van der Waals surface area contributed by atoms with Crippen LogP contribution in [-0.2, 0) is 52.8 Å². The van der Waals surface area contributed by atoms with Crippen LogP contribution in [0, 0.1) is 53.4 Å². The first-order chi connectivity index (χ1) is 34.1. The largest absolute Gasteiger partial charge is 0.348 e. The van der Waals surface area contributed by atoms with Crippen molar-refractivity contribution < 1.29 is 9.47 Å². The zero-order valence-corrected chi connectivity index (χ0v) is 56.0. The molecule has 4 aromatic rings. The number of ether oxygens (including phenoxy) is 2. The molecule has 76 heavy (non-hydrogen) atoms. The van der Waals surface area contributed by atoms with E-state index in [0.29, 0.717) is 5.92 Å². The van der Waals surface area contributed by atoms with E-state index in [9.17, 15) is 0 Å². The second-order valence-electron chi connectivity index (χ2n) is 32.5. The summed E-state index contributed by atoms with van der Waals surface area (Å²) in [5.41, 5.74) is 24.8. The van der Waals surface area contributed by atoms with E-state index in [1.807, 2.05) is 0 Å². The van der Waals surface area contributed by atoms with Gasteiger partial charge in [0.05, 0.1) is 13.2 Å². The maximum atomic E-state index is 5.93. The lowest BCUT2D eigenvalue weighted by atomic mass is 9.72. The molecule has 0 radical (unpaired) electrons.